The molecule has 0 aromatic rings. The SMILES string of the molecule is CC(C)C(O)C1CCCC1C. The van der Waals surface area contributed by atoms with Crippen molar-refractivity contribution in [3.63, 3.8) is 0 Å². The second-order valence-electron chi connectivity index (χ2n) is 4.31. The number of aliphatic hydroxyl groups is 1. The van der Waals surface area contributed by atoms with Crippen molar-refractivity contribution >= 4 is 0 Å². The zero-order valence-electron chi connectivity index (χ0n) is 7.88. The molecule has 0 heterocycles. The topological polar surface area (TPSA) is 20.2 Å². The van der Waals surface area contributed by atoms with Gasteiger partial charge >= 0.3 is 0 Å². The molecule has 0 aromatic heterocycles. The summed E-state index contributed by atoms with van der Waals surface area (Å²) in [7, 11) is 0. The van der Waals surface area contributed by atoms with Crippen molar-refractivity contribution in [1.82, 2.24) is 0 Å². The van der Waals surface area contributed by atoms with E-state index in [0.29, 0.717) is 11.8 Å². The highest BCUT2D eigenvalue weighted by Gasteiger charge is 2.30. The lowest BCUT2D eigenvalue weighted by molar-refractivity contribution is 0.0498. The molecule has 1 heteroatoms. The van der Waals surface area contributed by atoms with Crippen molar-refractivity contribution in [2.24, 2.45) is 17.8 Å². The molecule has 3 atom stereocenters. The largest absolute Gasteiger partial charge is 0.393 e. The third-order valence-corrected chi connectivity index (χ3v) is 3.05. The summed E-state index contributed by atoms with van der Waals surface area (Å²) in [6, 6.07) is 0. The van der Waals surface area contributed by atoms with Gasteiger partial charge in [-0.3, -0.25) is 0 Å². The summed E-state index contributed by atoms with van der Waals surface area (Å²) in [5.41, 5.74) is 0. The van der Waals surface area contributed by atoms with Crippen molar-refractivity contribution in [2.75, 3.05) is 0 Å². The Labute approximate surface area is 69.8 Å². The Balaban J connectivity index is 2.45. The van der Waals surface area contributed by atoms with E-state index in [2.05, 4.69) is 20.8 Å². The van der Waals surface area contributed by atoms with E-state index in [1.165, 1.54) is 19.3 Å². The second kappa shape index (κ2) is 3.57. The maximum atomic E-state index is 9.80. The number of rotatable bonds is 2. The van der Waals surface area contributed by atoms with E-state index in [-0.39, 0.29) is 6.10 Å². The molecule has 3 unspecified atom stereocenters. The van der Waals surface area contributed by atoms with E-state index in [4.69, 9.17) is 0 Å². The normalized spacial score (nSPS) is 34.6. The van der Waals surface area contributed by atoms with Crippen LogP contribution < -0.4 is 0 Å². The van der Waals surface area contributed by atoms with Crippen LogP contribution in [0.25, 0.3) is 0 Å². The van der Waals surface area contributed by atoms with Crippen molar-refractivity contribution in [3.8, 4) is 0 Å². The Morgan fingerprint density at radius 1 is 1.27 bits per heavy atom. The molecule has 0 amide bonds. The maximum Gasteiger partial charge on any atom is 0.0593 e. The lowest BCUT2D eigenvalue weighted by Crippen LogP contribution is -2.27. The summed E-state index contributed by atoms with van der Waals surface area (Å²) in [4.78, 5) is 0. The Morgan fingerprint density at radius 2 is 1.91 bits per heavy atom. The highest BCUT2D eigenvalue weighted by Crippen LogP contribution is 2.35. The number of hydrogen-bond acceptors (Lipinski definition) is 1. The van der Waals surface area contributed by atoms with E-state index >= 15 is 0 Å². The summed E-state index contributed by atoms with van der Waals surface area (Å²) in [6.07, 6.45) is 3.80. The van der Waals surface area contributed by atoms with E-state index in [1.807, 2.05) is 0 Å². The van der Waals surface area contributed by atoms with Gasteiger partial charge in [0.2, 0.25) is 0 Å². The van der Waals surface area contributed by atoms with E-state index in [0.717, 1.165) is 5.92 Å². The first kappa shape index (κ1) is 9.05. The minimum atomic E-state index is -0.0625. The molecule has 66 valence electrons. The third-order valence-electron chi connectivity index (χ3n) is 3.05. The Bertz CT molecular complexity index is 120. The van der Waals surface area contributed by atoms with Crippen LogP contribution in [0.15, 0.2) is 0 Å². The first-order chi connectivity index (χ1) is 5.13. The standard InChI is InChI=1S/C10H20O/c1-7(2)10(11)9-6-4-5-8(9)3/h7-11H,4-6H2,1-3H3. The van der Waals surface area contributed by atoms with Gasteiger partial charge in [0.05, 0.1) is 6.10 Å². The lowest BCUT2D eigenvalue weighted by Gasteiger charge is -2.25. The zero-order chi connectivity index (χ0) is 8.43. The van der Waals surface area contributed by atoms with E-state index < -0.39 is 0 Å². The first-order valence-corrected chi connectivity index (χ1v) is 4.81. The monoisotopic (exact) mass is 156 g/mol. The molecule has 1 aliphatic carbocycles. The molecule has 0 bridgehead atoms. The summed E-state index contributed by atoms with van der Waals surface area (Å²) in [5.74, 6) is 1.75. The van der Waals surface area contributed by atoms with Gasteiger partial charge in [0, 0.05) is 0 Å². The molecule has 1 rings (SSSR count). The van der Waals surface area contributed by atoms with Crippen molar-refractivity contribution in [2.45, 2.75) is 46.1 Å². The van der Waals surface area contributed by atoms with E-state index in [9.17, 15) is 5.11 Å². The van der Waals surface area contributed by atoms with Crippen molar-refractivity contribution in [1.29, 1.82) is 0 Å². The average Bonchev–Trinajstić information content (AvgIpc) is 2.33. The predicted octanol–water partition coefficient (Wildman–Crippen LogP) is 2.44. The Hall–Kier alpha value is -0.0400. The van der Waals surface area contributed by atoms with Crippen molar-refractivity contribution in [3.05, 3.63) is 0 Å². The van der Waals surface area contributed by atoms with Gasteiger partial charge in [-0.05, 0) is 24.2 Å². The molecule has 1 nitrogen and oxygen atoms in total. The number of aliphatic hydroxyl groups excluding tert-OH is 1. The quantitative estimate of drug-likeness (QED) is 0.651. The zero-order valence-corrected chi connectivity index (χ0v) is 7.88. The molecule has 1 N–H and O–H groups in total. The molecule has 0 saturated heterocycles. The first-order valence-electron chi connectivity index (χ1n) is 4.81. The molecule has 1 aliphatic rings. The molecule has 0 aliphatic heterocycles. The fourth-order valence-corrected chi connectivity index (χ4v) is 2.18. The van der Waals surface area contributed by atoms with Crippen LogP contribution >= 0.6 is 0 Å². The van der Waals surface area contributed by atoms with Crippen LogP contribution in [0.1, 0.15) is 40.0 Å². The maximum absolute atomic E-state index is 9.80. The third kappa shape index (κ3) is 1.96. The molecule has 0 spiro atoms. The smallest absolute Gasteiger partial charge is 0.0593 e. The van der Waals surface area contributed by atoms with Crippen LogP contribution in [0, 0.1) is 17.8 Å². The van der Waals surface area contributed by atoms with Gasteiger partial charge in [0.25, 0.3) is 0 Å². The summed E-state index contributed by atoms with van der Waals surface area (Å²) in [6.45, 7) is 6.48. The minimum absolute atomic E-state index is 0.0625. The van der Waals surface area contributed by atoms with Crippen molar-refractivity contribution < 1.29 is 5.11 Å². The molecule has 0 aromatic carbocycles. The molecular formula is C10H20O. The predicted molar refractivity (Wildman–Crippen MR) is 47.3 cm³/mol. The highest BCUT2D eigenvalue weighted by molar-refractivity contribution is 4.81. The van der Waals surface area contributed by atoms with Crippen LogP contribution in [0.4, 0.5) is 0 Å². The summed E-state index contributed by atoms with van der Waals surface area (Å²) < 4.78 is 0. The van der Waals surface area contributed by atoms with Crippen LogP contribution in [0.2, 0.25) is 0 Å². The van der Waals surface area contributed by atoms with Crippen LogP contribution in [-0.2, 0) is 0 Å². The molecular weight excluding hydrogens is 136 g/mol. The van der Waals surface area contributed by atoms with Gasteiger partial charge in [-0.15, -0.1) is 0 Å². The summed E-state index contributed by atoms with van der Waals surface area (Å²) in [5, 5.41) is 9.80. The Morgan fingerprint density at radius 3 is 2.27 bits per heavy atom. The van der Waals surface area contributed by atoms with Gasteiger partial charge in [-0.2, -0.15) is 0 Å². The van der Waals surface area contributed by atoms with Gasteiger partial charge in [0.15, 0.2) is 0 Å². The highest BCUT2D eigenvalue weighted by atomic mass is 16.3. The van der Waals surface area contributed by atoms with Gasteiger partial charge in [-0.25, -0.2) is 0 Å². The van der Waals surface area contributed by atoms with Crippen LogP contribution in [0.5, 0.6) is 0 Å². The lowest BCUT2D eigenvalue weighted by atomic mass is 9.86. The molecule has 11 heavy (non-hydrogen) atoms. The van der Waals surface area contributed by atoms with Crippen LogP contribution in [-0.4, -0.2) is 11.2 Å². The number of hydrogen-bond donors (Lipinski definition) is 1. The average molecular weight is 156 g/mol. The summed E-state index contributed by atoms with van der Waals surface area (Å²) >= 11 is 0. The fraction of sp³-hybridized carbons (Fsp3) is 1.00. The fourth-order valence-electron chi connectivity index (χ4n) is 2.18. The molecule has 0 radical (unpaired) electrons. The van der Waals surface area contributed by atoms with Crippen LogP contribution in [0.3, 0.4) is 0 Å². The van der Waals surface area contributed by atoms with E-state index in [1.54, 1.807) is 0 Å². The van der Waals surface area contributed by atoms with Gasteiger partial charge in [-0.1, -0.05) is 33.6 Å². The minimum Gasteiger partial charge on any atom is -0.393 e. The Kier molecular flexibility index (Phi) is 2.94. The molecule has 1 fully saturated rings. The second-order valence-corrected chi connectivity index (χ2v) is 4.31. The molecule has 1 saturated carbocycles. The van der Waals surface area contributed by atoms with Gasteiger partial charge < -0.3 is 5.11 Å². The van der Waals surface area contributed by atoms with Gasteiger partial charge in [0.1, 0.15) is 0 Å².